The average molecular weight is 186 g/mol. The molecule has 1 heterocycles. The van der Waals surface area contributed by atoms with Crippen molar-refractivity contribution in [1.29, 1.82) is 0 Å². The monoisotopic (exact) mass is 186 g/mol. The van der Waals surface area contributed by atoms with Gasteiger partial charge in [0.15, 0.2) is 10.5 Å². The lowest BCUT2D eigenvalue weighted by Gasteiger charge is -2.18. The van der Waals surface area contributed by atoms with Gasteiger partial charge in [0.25, 0.3) is 0 Å². The third-order valence-electron chi connectivity index (χ3n) is 1.55. The number of aromatic nitrogens is 2. The van der Waals surface area contributed by atoms with Crippen LogP contribution in [-0.4, -0.2) is 9.97 Å². The van der Waals surface area contributed by atoms with Crippen molar-refractivity contribution in [2.24, 2.45) is 0 Å². The molecule has 0 spiro atoms. The van der Waals surface area contributed by atoms with E-state index >= 15 is 0 Å². The third kappa shape index (κ3) is 1.69. The first-order chi connectivity index (χ1) is 5.43. The molecule has 0 atom stereocenters. The fourth-order valence-corrected chi connectivity index (χ4v) is 1.08. The van der Waals surface area contributed by atoms with Crippen LogP contribution >= 0.6 is 12.2 Å². The number of hydrogen-bond donors (Lipinski definition) is 1. The van der Waals surface area contributed by atoms with Gasteiger partial charge < -0.3 is 4.98 Å². The zero-order valence-corrected chi connectivity index (χ0v) is 8.13. The number of halogens is 1. The topological polar surface area (TPSA) is 28.7 Å². The van der Waals surface area contributed by atoms with Crippen LogP contribution in [0.25, 0.3) is 0 Å². The Bertz CT molecular complexity index is 338. The molecule has 1 aromatic heterocycles. The molecule has 0 amide bonds. The molecule has 1 N–H and O–H groups in total. The molecular formula is C8H11FN2S. The van der Waals surface area contributed by atoms with Gasteiger partial charge in [-0.2, -0.15) is 0 Å². The Hall–Kier alpha value is -0.770. The molecule has 4 heteroatoms. The van der Waals surface area contributed by atoms with Gasteiger partial charge >= 0.3 is 0 Å². The molecule has 0 saturated heterocycles. The van der Waals surface area contributed by atoms with E-state index < -0.39 is 5.82 Å². The first-order valence-electron chi connectivity index (χ1n) is 3.66. The summed E-state index contributed by atoms with van der Waals surface area (Å²) in [5, 5.41) is 0. The summed E-state index contributed by atoms with van der Waals surface area (Å²) in [7, 11) is 0. The number of rotatable bonds is 0. The molecule has 0 fully saturated rings. The van der Waals surface area contributed by atoms with Crippen molar-refractivity contribution < 1.29 is 4.39 Å². The van der Waals surface area contributed by atoms with Crippen molar-refractivity contribution in [3.8, 4) is 0 Å². The first-order valence-corrected chi connectivity index (χ1v) is 4.07. The van der Waals surface area contributed by atoms with Gasteiger partial charge in [-0.05, 0) is 0 Å². The lowest BCUT2D eigenvalue weighted by Crippen LogP contribution is -2.16. The summed E-state index contributed by atoms with van der Waals surface area (Å²) in [6, 6.07) is 0. The highest BCUT2D eigenvalue weighted by Gasteiger charge is 2.19. The largest absolute Gasteiger partial charge is 0.347 e. The van der Waals surface area contributed by atoms with Crippen LogP contribution in [0.2, 0.25) is 0 Å². The second-order valence-electron chi connectivity index (χ2n) is 3.65. The Balaban J connectivity index is 3.36. The lowest BCUT2D eigenvalue weighted by molar-refractivity contribution is 0.495. The standard InChI is InChI=1S/C8H11FN2S/c1-8(2,3)6-5(9)7(12)11-4-10-6/h4H,1-3H3,(H,10,11,12). The number of nitrogens with one attached hydrogen (secondary N) is 1. The van der Waals surface area contributed by atoms with Crippen LogP contribution in [-0.2, 0) is 5.41 Å². The van der Waals surface area contributed by atoms with Gasteiger partial charge in [0.05, 0.1) is 12.0 Å². The van der Waals surface area contributed by atoms with Gasteiger partial charge in [-0.25, -0.2) is 9.37 Å². The summed E-state index contributed by atoms with van der Waals surface area (Å²) >= 11 is 4.70. The van der Waals surface area contributed by atoms with Crippen molar-refractivity contribution >= 4 is 12.2 Å². The molecule has 0 aliphatic heterocycles. The molecule has 12 heavy (non-hydrogen) atoms. The van der Waals surface area contributed by atoms with Crippen molar-refractivity contribution in [3.63, 3.8) is 0 Å². The molecule has 0 aliphatic carbocycles. The average Bonchev–Trinajstić information content (AvgIpc) is 1.92. The SMILES string of the molecule is CC(C)(C)c1[nH]cnc(=S)c1F. The molecular weight excluding hydrogens is 175 g/mol. The molecule has 0 saturated carbocycles. The highest BCUT2D eigenvalue weighted by atomic mass is 32.1. The Kier molecular flexibility index (Phi) is 2.28. The van der Waals surface area contributed by atoms with Gasteiger partial charge in [0.2, 0.25) is 0 Å². The maximum Gasteiger partial charge on any atom is 0.179 e. The fourth-order valence-electron chi connectivity index (χ4n) is 0.928. The van der Waals surface area contributed by atoms with E-state index in [0.29, 0.717) is 5.69 Å². The summed E-state index contributed by atoms with van der Waals surface area (Å²) in [6.45, 7) is 5.74. The Morgan fingerprint density at radius 1 is 1.50 bits per heavy atom. The lowest BCUT2D eigenvalue weighted by atomic mass is 9.92. The molecule has 2 nitrogen and oxygen atoms in total. The first kappa shape index (κ1) is 9.32. The van der Waals surface area contributed by atoms with Crippen LogP contribution in [0, 0.1) is 10.5 Å². The minimum Gasteiger partial charge on any atom is -0.347 e. The van der Waals surface area contributed by atoms with Crippen molar-refractivity contribution in [3.05, 3.63) is 22.5 Å². The summed E-state index contributed by atoms with van der Waals surface area (Å²) in [5.41, 5.74) is 0.239. The molecule has 0 aromatic carbocycles. The number of hydrogen-bond acceptors (Lipinski definition) is 2. The summed E-state index contributed by atoms with van der Waals surface area (Å²) < 4.78 is 13.3. The molecule has 1 rings (SSSR count). The molecule has 66 valence electrons. The van der Waals surface area contributed by atoms with E-state index in [0.717, 1.165) is 0 Å². The van der Waals surface area contributed by atoms with Gasteiger partial charge in [-0.15, -0.1) is 0 Å². The van der Waals surface area contributed by atoms with Crippen LogP contribution in [0.3, 0.4) is 0 Å². The molecule has 0 radical (unpaired) electrons. The molecule has 0 aliphatic rings. The van der Waals surface area contributed by atoms with E-state index in [4.69, 9.17) is 12.2 Å². The second kappa shape index (κ2) is 2.94. The minimum atomic E-state index is -0.417. The van der Waals surface area contributed by atoms with E-state index in [9.17, 15) is 4.39 Å². The maximum absolute atomic E-state index is 13.3. The Labute approximate surface area is 75.9 Å². The molecule has 0 unspecified atom stereocenters. The molecule has 1 aromatic rings. The predicted octanol–water partition coefficient (Wildman–Crippen LogP) is 2.58. The van der Waals surface area contributed by atoms with E-state index in [-0.39, 0.29) is 10.1 Å². The van der Waals surface area contributed by atoms with Crippen molar-refractivity contribution in [2.75, 3.05) is 0 Å². The highest BCUT2D eigenvalue weighted by Crippen LogP contribution is 2.21. The van der Waals surface area contributed by atoms with Crippen LogP contribution in [0.4, 0.5) is 4.39 Å². The Morgan fingerprint density at radius 2 is 2.08 bits per heavy atom. The zero-order valence-electron chi connectivity index (χ0n) is 7.31. The molecule has 0 bridgehead atoms. The van der Waals surface area contributed by atoms with E-state index in [1.54, 1.807) is 0 Å². The number of aromatic amines is 1. The van der Waals surface area contributed by atoms with Crippen LogP contribution < -0.4 is 0 Å². The van der Waals surface area contributed by atoms with Crippen LogP contribution in [0.15, 0.2) is 6.33 Å². The van der Waals surface area contributed by atoms with Crippen molar-refractivity contribution in [1.82, 2.24) is 9.97 Å². The van der Waals surface area contributed by atoms with E-state index in [1.165, 1.54) is 6.33 Å². The predicted molar refractivity (Wildman–Crippen MR) is 48.1 cm³/mol. The zero-order chi connectivity index (χ0) is 9.35. The smallest absolute Gasteiger partial charge is 0.179 e. The van der Waals surface area contributed by atoms with E-state index in [2.05, 4.69) is 9.97 Å². The van der Waals surface area contributed by atoms with E-state index in [1.807, 2.05) is 20.8 Å². The minimum absolute atomic E-state index is 0.0266. The van der Waals surface area contributed by atoms with Gasteiger partial charge in [0.1, 0.15) is 0 Å². The second-order valence-corrected chi connectivity index (χ2v) is 4.03. The maximum atomic E-state index is 13.3. The number of nitrogens with zero attached hydrogens (tertiary/aromatic N) is 1. The number of H-pyrrole nitrogens is 1. The third-order valence-corrected chi connectivity index (χ3v) is 1.83. The van der Waals surface area contributed by atoms with Crippen molar-refractivity contribution in [2.45, 2.75) is 26.2 Å². The summed E-state index contributed by atoms with van der Waals surface area (Å²) in [5.74, 6) is -0.417. The normalized spacial score (nSPS) is 11.7. The quantitative estimate of drug-likeness (QED) is 0.631. The summed E-state index contributed by atoms with van der Waals surface area (Å²) in [4.78, 5) is 6.40. The fraction of sp³-hybridized carbons (Fsp3) is 0.500. The van der Waals surface area contributed by atoms with Gasteiger partial charge in [0, 0.05) is 5.41 Å². The van der Waals surface area contributed by atoms with Crippen LogP contribution in [0.5, 0.6) is 0 Å². The van der Waals surface area contributed by atoms with Gasteiger partial charge in [-0.3, -0.25) is 0 Å². The summed E-state index contributed by atoms with van der Waals surface area (Å²) in [6.07, 6.45) is 1.42. The Morgan fingerprint density at radius 3 is 2.50 bits per heavy atom. The highest BCUT2D eigenvalue weighted by molar-refractivity contribution is 7.71. The van der Waals surface area contributed by atoms with Crippen LogP contribution in [0.1, 0.15) is 26.5 Å². The van der Waals surface area contributed by atoms with Gasteiger partial charge in [-0.1, -0.05) is 33.0 Å².